The molecule has 2 aliphatic carbocycles. The molecule has 0 saturated heterocycles. The van der Waals surface area contributed by atoms with Crippen LogP contribution >= 0.6 is 11.3 Å². The van der Waals surface area contributed by atoms with Crippen LogP contribution in [0.3, 0.4) is 0 Å². The van der Waals surface area contributed by atoms with Crippen LogP contribution in [0.25, 0.3) is 0 Å². The van der Waals surface area contributed by atoms with E-state index in [0.717, 1.165) is 50.5 Å². The number of thiophene rings is 1. The Morgan fingerprint density at radius 1 is 1.13 bits per heavy atom. The summed E-state index contributed by atoms with van der Waals surface area (Å²) < 4.78 is 0. The Morgan fingerprint density at radius 3 is 2.42 bits per heavy atom. The summed E-state index contributed by atoms with van der Waals surface area (Å²) in [5.41, 5.74) is 1.93. The molecule has 2 atom stereocenters. The fraction of sp³-hybridized carbons (Fsp3) is 0.708. The second-order valence-electron chi connectivity index (χ2n) is 10.4. The third-order valence-electron chi connectivity index (χ3n) is 6.72. The average molecular weight is 449 g/mol. The van der Waals surface area contributed by atoms with E-state index in [4.69, 9.17) is 5.11 Å². The summed E-state index contributed by atoms with van der Waals surface area (Å²) in [5, 5.41) is 15.7. The van der Waals surface area contributed by atoms with Gasteiger partial charge in [-0.1, -0.05) is 40.5 Å². The van der Waals surface area contributed by atoms with Crippen molar-refractivity contribution in [1.29, 1.82) is 0 Å². The van der Waals surface area contributed by atoms with Crippen molar-refractivity contribution in [2.45, 2.75) is 91.5 Å². The standard InChI is InChI=1S/C24H36N2O4S/c1-14(12-20(28)29)11-19(27)26-23-21(22(30)25-16-7-5-6-8-16)17-10-9-15(24(2,3)4)13-18(17)31-23/h14-16H,5-13H2,1-4H3,(H,25,30)(H,26,27)(H,28,29). The third kappa shape index (κ3) is 6.09. The Hall–Kier alpha value is -1.89. The first-order valence-corrected chi connectivity index (χ1v) is 12.3. The van der Waals surface area contributed by atoms with Gasteiger partial charge in [0, 0.05) is 23.8 Å². The zero-order valence-electron chi connectivity index (χ0n) is 19.2. The van der Waals surface area contributed by atoms with Gasteiger partial charge in [0.25, 0.3) is 5.91 Å². The lowest BCUT2D eigenvalue weighted by molar-refractivity contribution is -0.138. The van der Waals surface area contributed by atoms with Crippen molar-refractivity contribution in [2.24, 2.45) is 17.3 Å². The summed E-state index contributed by atoms with van der Waals surface area (Å²) in [6.07, 6.45) is 7.22. The van der Waals surface area contributed by atoms with Gasteiger partial charge < -0.3 is 15.7 Å². The molecule has 172 valence electrons. The number of rotatable bonds is 7. The lowest BCUT2D eigenvalue weighted by Gasteiger charge is -2.33. The molecule has 0 bridgehead atoms. The van der Waals surface area contributed by atoms with E-state index in [0.29, 0.717) is 16.5 Å². The Bertz CT molecular complexity index is 833. The largest absolute Gasteiger partial charge is 0.481 e. The number of carboxylic acid groups (broad SMARTS) is 1. The topological polar surface area (TPSA) is 95.5 Å². The molecule has 6 nitrogen and oxygen atoms in total. The molecule has 0 aromatic carbocycles. The second kappa shape index (κ2) is 9.72. The average Bonchev–Trinajstić information content (AvgIpc) is 3.26. The molecule has 1 heterocycles. The molecule has 7 heteroatoms. The van der Waals surface area contributed by atoms with Crippen molar-refractivity contribution in [3.8, 4) is 0 Å². The Kier molecular flexibility index (Phi) is 7.45. The van der Waals surface area contributed by atoms with Gasteiger partial charge in [0.15, 0.2) is 0 Å². The van der Waals surface area contributed by atoms with E-state index in [1.807, 2.05) is 0 Å². The number of amides is 2. The van der Waals surface area contributed by atoms with E-state index >= 15 is 0 Å². The first kappa shape index (κ1) is 23.8. The molecule has 3 rings (SSSR count). The SMILES string of the molecule is CC(CC(=O)O)CC(=O)Nc1sc2c(c1C(=O)NC1CCCC1)CCC(C(C)(C)C)C2. The number of hydrogen-bond donors (Lipinski definition) is 3. The van der Waals surface area contributed by atoms with Crippen molar-refractivity contribution in [1.82, 2.24) is 5.32 Å². The molecule has 1 saturated carbocycles. The van der Waals surface area contributed by atoms with Gasteiger partial charge in [-0.3, -0.25) is 14.4 Å². The fourth-order valence-electron chi connectivity index (χ4n) is 4.85. The van der Waals surface area contributed by atoms with E-state index in [9.17, 15) is 14.4 Å². The Balaban J connectivity index is 1.82. The minimum absolute atomic E-state index is 0.0450. The number of aliphatic carboxylic acids is 1. The van der Waals surface area contributed by atoms with Crippen molar-refractivity contribution >= 4 is 34.1 Å². The van der Waals surface area contributed by atoms with Crippen LogP contribution in [0.15, 0.2) is 0 Å². The number of hydrogen-bond acceptors (Lipinski definition) is 4. The van der Waals surface area contributed by atoms with Crippen LogP contribution in [0.1, 0.15) is 93.4 Å². The predicted molar refractivity (Wildman–Crippen MR) is 124 cm³/mol. The maximum atomic E-state index is 13.2. The normalized spacial score (nSPS) is 20.2. The third-order valence-corrected chi connectivity index (χ3v) is 7.89. The van der Waals surface area contributed by atoms with Gasteiger partial charge in [0.1, 0.15) is 5.00 Å². The lowest BCUT2D eigenvalue weighted by Crippen LogP contribution is -2.34. The smallest absolute Gasteiger partial charge is 0.303 e. The van der Waals surface area contributed by atoms with Gasteiger partial charge >= 0.3 is 5.97 Å². The zero-order chi connectivity index (χ0) is 22.8. The van der Waals surface area contributed by atoms with Gasteiger partial charge in [0.05, 0.1) is 5.56 Å². The van der Waals surface area contributed by atoms with Crippen LogP contribution in [0.2, 0.25) is 0 Å². The number of carbonyl (C=O) groups is 3. The summed E-state index contributed by atoms with van der Waals surface area (Å²) >= 11 is 1.53. The highest BCUT2D eigenvalue weighted by molar-refractivity contribution is 7.17. The van der Waals surface area contributed by atoms with Crippen molar-refractivity contribution < 1.29 is 19.5 Å². The lowest BCUT2D eigenvalue weighted by atomic mass is 9.72. The monoisotopic (exact) mass is 448 g/mol. The minimum atomic E-state index is -0.906. The molecule has 31 heavy (non-hydrogen) atoms. The van der Waals surface area contributed by atoms with E-state index in [1.54, 1.807) is 6.92 Å². The number of fused-ring (bicyclic) bond motifs is 1. The van der Waals surface area contributed by atoms with Gasteiger partial charge in [-0.05, 0) is 54.9 Å². The number of nitrogens with one attached hydrogen (secondary N) is 2. The summed E-state index contributed by atoms with van der Waals surface area (Å²) in [7, 11) is 0. The summed E-state index contributed by atoms with van der Waals surface area (Å²) in [5.74, 6) is -0.921. The predicted octanol–water partition coefficient (Wildman–Crippen LogP) is 5.01. The molecule has 1 aromatic heterocycles. The van der Waals surface area contributed by atoms with E-state index in [2.05, 4.69) is 31.4 Å². The molecule has 1 fully saturated rings. The Labute approximate surface area is 189 Å². The highest BCUT2D eigenvalue weighted by atomic mass is 32.1. The molecule has 0 radical (unpaired) electrons. The summed E-state index contributed by atoms with van der Waals surface area (Å²) in [6.45, 7) is 8.54. The van der Waals surface area contributed by atoms with E-state index in [1.165, 1.54) is 16.2 Å². The van der Waals surface area contributed by atoms with Crippen LogP contribution in [0.5, 0.6) is 0 Å². The molecule has 1 aromatic rings. The molecule has 2 aliphatic rings. The summed E-state index contributed by atoms with van der Waals surface area (Å²) in [6, 6.07) is 0.216. The fourth-order valence-corrected chi connectivity index (χ4v) is 6.19. The van der Waals surface area contributed by atoms with Crippen LogP contribution in [-0.2, 0) is 22.4 Å². The molecule has 2 unspecified atom stereocenters. The van der Waals surface area contributed by atoms with Crippen LogP contribution in [-0.4, -0.2) is 28.9 Å². The molecular weight excluding hydrogens is 412 g/mol. The zero-order valence-corrected chi connectivity index (χ0v) is 20.0. The Morgan fingerprint density at radius 2 is 1.81 bits per heavy atom. The van der Waals surface area contributed by atoms with Crippen molar-refractivity contribution in [2.75, 3.05) is 5.32 Å². The maximum Gasteiger partial charge on any atom is 0.303 e. The van der Waals surface area contributed by atoms with Gasteiger partial charge in [0.2, 0.25) is 5.91 Å². The first-order chi connectivity index (χ1) is 14.5. The maximum absolute atomic E-state index is 13.2. The minimum Gasteiger partial charge on any atom is -0.481 e. The molecule has 3 N–H and O–H groups in total. The van der Waals surface area contributed by atoms with Gasteiger partial charge in [-0.25, -0.2) is 0 Å². The van der Waals surface area contributed by atoms with Crippen molar-refractivity contribution in [3.05, 3.63) is 16.0 Å². The molecule has 0 spiro atoms. The quantitative estimate of drug-likeness (QED) is 0.546. The van der Waals surface area contributed by atoms with E-state index in [-0.39, 0.29) is 42.0 Å². The molecular formula is C24H36N2O4S. The first-order valence-electron chi connectivity index (χ1n) is 11.5. The number of anilines is 1. The van der Waals surface area contributed by atoms with Gasteiger partial charge in [-0.2, -0.15) is 0 Å². The second-order valence-corrected chi connectivity index (χ2v) is 11.5. The highest BCUT2D eigenvalue weighted by Gasteiger charge is 2.34. The van der Waals surface area contributed by atoms with Crippen LogP contribution in [0.4, 0.5) is 5.00 Å². The molecule has 0 aliphatic heterocycles. The van der Waals surface area contributed by atoms with Crippen molar-refractivity contribution in [3.63, 3.8) is 0 Å². The van der Waals surface area contributed by atoms with Crippen LogP contribution in [0, 0.1) is 17.3 Å². The highest BCUT2D eigenvalue weighted by Crippen LogP contribution is 2.44. The van der Waals surface area contributed by atoms with Crippen LogP contribution < -0.4 is 10.6 Å². The molecule has 2 amide bonds. The number of carbonyl (C=O) groups excluding carboxylic acids is 2. The summed E-state index contributed by atoms with van der Waals surface area (Å²) in [4.78, 5) is 38.0. The number of carboxylic acids is 1. The van der Waals surface area contributed by atoms with E-state index < -0.39 is 5.97 Å². The van der Waals surface area contributed by atoms with Gasteiger partial charge in [-0.15, -0.1) is 11.3 Å².